The fraction of sp³-hybridized carbons (Fsp3) is 0.429. The van der Waals surface area contributed by atoms with Crippen molar-refractivity contribution < 1.29 is 9.47 Å². The number of aromatic nitrogens is 1. The number of fused-ring (bicyclic) bond motifs is 1. The van der Waals surface area contributed by atoms with Crippen LogP contribution in [0.5, 0.6) is 5.75 Å². The Morgan fingerprint density at radius 1 is 1.06 bits per heavy atom. The van der Waals surface area contributed by atoms with Crippen molar-refractivity contribution in [1.82, 2.24) is 9.47 Å². The molecule has 2 aliphatic rings. The van der Waals surface area contributed by atoms with Gasteiger partial charge in [0.2, 0.25) is 0 Å². The van der Waals surface area contributed by atoms with Crippen LogP contribution < -0.4 is 4.74 Å². The van der Waals surface area contributed by atoms with Crippen LogP contribution in [0.15, 0.2) is 48.5 Å². The number of ether oxygens (including phenoxy) is 2. The Morgan fingerprint density at radius 2 is 1.82 bits per heavy atom. The topological polar surface area (TPSA) is 26.6 Å². The Morgan fingerprint density at radius 3 is 2.52 bits per heavy atom. The molecule has 1 unspecified atom stereocenters. The summed E-state index contributed by atoms with van der Waals surface area (Å²) in [6, 6.07) is 18.1. The first-order chi connectivity index (χ1) is 16.0. The first-order valence-corrected chi connectivity index (χ1v) is 12.3. The highest BCUT2D eigenvalue weighted by Gasteiger charge is 2.41. The fourth-order valence-corrected chi connectivity index (χ4v) is 5.95. The molecule has 2 aromatic carbocycles. The molecule has 0 amide bonds. The normalized spacial score (nSPS) is 19.3. The molecule has 0 radical (unpaired) electrons. The Balaban J connectivity index is 1.70. The summed E-state index contributed by atoms with van der Waals surface area (Å²) in [6.07, 6.45) is 2.16. The number of para-hydroxylation sites is 1. The molecule has 5 rings (SSSR count). The molecule has 0 aliphatic carbocycles. The van der Waals surface area contributed by atoms with E-state index in [9.17, 15) is 0 Å². The zero-order valence-corrected chi connectivity index (χ0v) is 20.7. The summed E-state index contributed by atoms with van der Waals surface area (Å²) >= 11 is 6.36. The van der Waals surface area contributed by atoms with Gasteiger partial charge in [-0.25, -0.2) is 0 Å². The number of aryl methyl sites for hydroxylation is 1. The SMILES string of the molecule is COc1ccccc1-c1cc2c(n1C(C)C)C(c1ccc(Cl)cc1C)N(C1CCOCC1)C2. The highest BCUT2D eigenvalue weighted by molar-refractivity contribution is 6.30. The zero-order chi connectivity index (χ0) is 23.1. The van der Waals surface area contributed by atoms with Crippen LogP contribution in [-0.2, 0) is 11.3 Å². The maximum atomic E-state index is 6.36. The molecule has 1 saturated heterocycles. The van der Waals surface area contributed by atoms with Crippen LogP contribution in [0.25, 0.3) is 11.3 Å². The summed E-state index contributed by atoms with van der Waals surface area (Å²) in [4.78, 5) is 2.70. The van der Waals surface area contributed by atoms with E-state index in [-0.39, 0.29) is 6.04 Å². The van der Waals surface area contributed by atoms with E-state index in [1.54, 1.807) is 7.11 Å². The van der Waals surface area contributed by atoms with Crippen molar-refractivity contribution in [2.75, 3.05) is 20.3 Å². The molecule has 1 atom stereocenters. The van der Waals surface area contributed by atoms with Gasteiger partial charge in [-0.2, -0.15) is 0 Å². The minimum absolute atomic E-state index is 0.200. The quantitative estimate of drug-likeness (QED) is 0.415. The number of halogens is 1. The van der Waals surface area contributed by atoms with Gasteiger partial charge in [0.15, 0.2) is 0 Å². The van der Waals surface area contributed by atoms with E-state index in [1.807, 2.05) is 18.2 Å². The van der Waals surface area contributed by atoms with Gasteiger partial charge in [0.05, 0.1) is 18.8 Å². The molecule has 3 aromatic rings. The van der Waals surface area contributed by atoms with Crippen LogP contribution in [0.4, 0.5) is 0 Å². The third-order valence-corrected chi connectivity index (χ3v) is 7.42. The van der Waals surface area contributed by atoms with Gasteiger partial charge < -0.3 is 14.0 Å². The van der Waals surface area contributed by atoms with Crippen LogP contribution >= 0.6 is 11.6 Å². The van der Waals surface area contributed by atoms with Crippen molar-refractivity contribution in [3.05, 3.63) is 75.9 Å². The zero-order valence-electron chi connectivity index (χ0n) is 20.0. The minimum atomic E-state index is 0.200. The fourth-order valence-electron chi connectivity index (χ4n) is 5.72. The van der Waals surface area contributed by atoms with Crippen LogP contribution in [0.3, 0.4) is 0 Å². The smallest absolute Gasteiger partial charge is 0.128 e. The van der Waals surface area contributed by atoms with Crippen molar-refractivity contribution >= 4 is 11.6 Å². The van der Waals surface area contributed by atoms with E-state index >= 15 is 0 Å². The maximum Gasteiger partial charge on any atom is 0.128 e. The summed E-state index contributed by atoms with van der Waals surface area (Å²) in [6.45, 7) is 9.38. The number of rotatable bonds is 5. The summed E-state index contributed by atoms with van der Waals surface area (Å²) in [5, 5.41) is 0.793. The van der Waals surface area contributed by atoms with Gasteiger partial charge in [0.1, 0.15) is 5.75 Å². The molecule has 0 saturated carbocycles. The first kappa shape index (κ1) is 22.5. The molecule has 1 aromatic heterocycles. The van der Waals surface area contributed by atoms with E-state index in [4.69, 9.17) is 21.1 Å². The lowest BCUT2D eigenvalue weighted by Gasteiger charge is -2.37. The van der Waals surface area contributed by atoms with Crippen LogP contribution in [-0.4, -0.2) is 35.8 Å². The molecule has 4 nitrogen and oxygen atoms in total. The van der Waals surface area contributed by atoms with Crippen LogP contribution in [0.1, 0.15) is 61.2 Å². The molecular weight excluding hydrogens is 432 g/mol. The molecule has 2 aliphatic heterocycles. The van der Waals surface area contributed by atoms with Gasteiger partial charge in [0.25, 0.3) is 0 Å². The molecule has 0 spiro atoms. The lowest BCUT2D eigenvalue weighted by Crippen LogP contribution is -2.39. The monoisotopic (exact) mass is 464 g/mol. The summed E-state index contributed by atoms with van der Waals surface area (Å²) in [5.41, 5.74) is 7.78. The van der Waals surface area contributed by atoms with Gasteiger partial charge in [0, 0.05) is 48.1 Å². The van der Waals surface area contributed by atoms with E-state index in [0.717, 1.165) is 48.9 Å². The first-order valence-electron chi connectivity index (χ1n) is 12.0. The van der Waals surface area contributed by atoms with E-state index in [1.165, 1.54) is 28.1 Å². The van der Waals surface area contributed by atoms with Crippen molar-refractivity contribution in [1.29, 1.82) is 0 Å². The molecule has 5 heteroatoms. The van der Waals surface area contributed by atoms with Gasteiger partial charge in [-0.3, -0.25) is 4.90 Å². The number of hydrogen-bond acceptors (Lipinski definition) is 3. The molecule has 0 bridgehead atoms. The van der Waals surface area contributed by atoms with Crippen molar-refractivity contribution in [2.45, 2.75) is 58.3 Å². The Kier molecular flexibility index (Phi) is 6.26. The lowest BCUT2D eigenvalue weighted by atomic mass is 9.96. The Bertz CT molecular complexity index is 1150. The summed E-state index contributed by atoms with van der Waals surface area (Å²) in [5.74, 6) is 0.913. The molecule has 33 heavy (non-hydrogen) atoms. The third kappa shape index (κ3) is 3.99. The molecule has 174 valence electrons. The van der Waals surface area contributed by atoms with Gasteiger partial charge >= 0.3 is 0 Å². The second-order valence-corrected chi connectivity index (χ2v) is 9.96. The van der Waals surface area contributed by atoms with E-state index < -0.39 is 0 Å². The largest absolute Gasteiger partial charge is 0.496 e. The van der Waals surface area contributed by atoms with Gasteiger partial charge in [-0.1, -0.05) is 29.8 Å². The summed E-state index contributed by atoms with van der Waals surface area (Å²) in [7, 11) is 1.75. The average Bonchev–Trinajstić information content (AvgIpc) is 3.36. The van der Waals surface area contributed by atoms with Crippen LogP contribution in [0, 0.1) is 6.92 Å². The van der Waals surface area contributed by atoms with Gasteiger partial charge in [-0.15, -0.1) is 0 Å². The molecular formula is C28H33ClN2O2. The molecule has 3 heterocycles. The molecule has 1 fully saturated rings. The van der Waals surface area contributed by atoms with Gasteiger partial charge in [-0.05, 0) is 80.6 Å². The third-order valence-electron chi connectivity index (χ3n) is 7.19. The van der Waals surface area contributed by atoms with Crippen molar-refractivity contribution in [3.8, 4) is 17.0 Å². The number of hydrogen-bond donors (Lipinski definition) is 0. The van der Waals surface area contributed by atoms with Crippen LogP contribution in [0.2, 0.25) is 5.02 Å². The standard InChI is InChI=1S/C28H33ClN2O2/c1-18(2)31-25(24-7-5-6-8-26(24)32-4)16-20-17-30(22-11-13-33-14-12-22)28(27(20)31)23-10-9-21(29)15-19(23)3/h5-10,15-16,18,22,28H,11-14,17H2,1-4H3. The van der Waals surface area contributed by atoms with E-state index in [0.29, 0.717) is 12.1 Å². The van der Waals surface area contributed by atoms with E-state index in [2.05, 4.69) is 60.6 Å². The maximum absolute atomic E-state index is 6.36. The number of nitrogens with zero attached hydrogens (tertiary/aromatic N) is 2. The summed E-state index contributed by atoms with van der Waals surface area (Å²) < 4.78 is 14.0. The highest BCUT2D eigenvalue weighted by atomic mass is 35.5. The van der Waals surface area contributed by atoms with Crippen molar-refractivity contribution in [2.24, 2.45) is 0 Å². The average molecular weight is 465 g/mol. The second-order valence-electron chi connectivity index (χ2n) is 9.52. The second kappa shape index (κ2) is 9.17. The number of benzene rings is 2. The number of methoxy groups -OCH3 is 1. The lowest BCUT2D eigenvalue weighted by molar-refractivity contribution is 0.0241. The highest BCUT2D eigenvalue weighted by Crippen LogP contribution is 2.47. The Labute approximate surface area is 202 Å². The Hall–Kier alpha value is -2.27. The minimum Gasteiger partial charge on any atom is -0.496 e. The predicted molar refractivity (Wildman–Crippen MR) is 134 cm³/mol. The molecule has 0 N–H and O–H groups in total. The van der Waals surface area contributed by atoms with Crippen molar-refractivity contribution in [3.63, 3.8) is 0 Å². The predicted octanol–water partition coefficient (Wildman–Crippen LogP) is 6.79.